The molecule has 154 valence electrons. The van der Waals surface area contributed by atoms with E-state index in [0.29, 0.717) is 6.42 Å². The zero-order valence-corrected chi connectivity index (χ0v) is 15.6. The van der Waals surface area contributed by atoms with Crippen LogP contribution in [0, 0.1) is 0 Å². The summed E-state index contributed by atoms with van der Waals surface area (Å²) in [5.74, 6) is -1.51. The van der Waals surface area contributed by atoms with Crippen LogP contribution in [0.5, 0.6) is 0 Å². The van der Waals surface area contributed by atoms with E-state index in [1.807, 2.05) is 0 Å². The minimum absolute atomic E-state index is 0.00802. The van der Waals surface area contributed by atoms with Crippen LogP contribution >= 0.6 is 0 Å². The Bertz CT molecular complexity index is 855. The van der Waals surface area contributed by atoms with Gasteiger partial charge < -0.3 is 10.2 Å². The highest BCUT2D eigenvalue weighted by Crippen LogP contribution is 2.22. The van der Waals surface area contributed by atoms with Gasteiger partial charge in [0.15, 0.2) is 0 Å². The fourth-order valence-electron chi connectivity index (χ4n) is 2.80. The Morgan fingerprint density at radius 1 is 1.32 bits per heavy atom. The summed E-state index contributed by atoms with van der Waals surface area (Å²) in [5, 5.41) is 1.79. The van der Waals surface area contributed by atoms with Crippen LogP contribution < -0.4 is 10.0 Å². The Labute approximate surface area is 160 Å². The standard InChI is InChI=1S/C17H20F3N3O4S/c1-2-8-22-28(26,27)13-6-3-5-12(10-13)16(25)23-9-4-7-14(23)15(24)21-11-17(18,19)20/h2-3,5-6,10,14,22H,1,4,7-9,11H2,(H,21,24). The Balaban J connectivity index is 2.17. The van der Waals surface area contributed by atoms with Crippen LogP contribution in [-0.4, -0.2) is 57.0 Å². The number of carbonyl (C=O) groups excluding carboxylic acids is 2. The van der Waals surface area contributed by atoms with Crippen LogP contribution in [0.2, 0.25) is 0 Å². The highest BCUT2D eigenvalue weighted by atomic mass is 32.2. The Kier molecular flexibility index (Phi) is 6.83. The molecule has 28 heavy (non-hydrogen) atoms. The zero-order valence-electron chi connectivity index (χ0n) is 14.8. The fourth-order valence-corrected chi connectivity index (χ4v) is 3.85. The van der Waals surface area contributed by atoms with Gasteiger partial charge in [-0.2, -0.15) is 13.2 Å². The van der Waals surface area contributed by atoms with Crippen molar-refractivity contribution in [3.63, 3.8) is 0 Å². The third-order valence-electron chi connectivity index (χ3n) is 4.09. The lowest BCUT2D eigenvalue weighted by molar-refractivity contribution is -0.140. The predicted molar refractivity (Wildman–Crippen MR) is 95.0 cm³/mol. The molecule has 11 heteroatoms. The smallest absolute Gasteiger partial charge is 0.345 e. The van der Waals surface area contributed by atoms with Crippen molar-refractivity contribution < 1.29 is 31.2 Å². The molecule has 0 saturated carbocycles. The molecule has 1 heterocycles. The maximum Gasteiger partial charge on any atom is 0.405 e. The molecule has 1 saturated heterocycles. The first-order chi connectivity index (χ1) is 13.0. The molecule has 2 N–H and O–H groups in total. The molecule has 1 fully saturated rings. The average Bonchev–Trinajstić information content (AvgIpc) is 3.13. The van der Waals surface area contributed by atoms with Crippen molar-refractivity contribution in [1.82, 2.24) is 14.9 Å². The summed E-state index contributed by atoms with van der Waals surface area (Å²) in [4.78, 5) is 25.8. The third-order valence-corrected chi connectivity index (χ3v) is 5.51. The normalized spacial score (nSPS) is 17.4. The quantitative estimate of drug-likeness (QED) is 0.654. The van der Waals surface area contributed by atoms with Crippen LogP contribution in [0.15, 0.2) is 41.8 Å². The highest BCUT2D eigenvalue weighted by molar-refractivity contribution is 7.89. The van der Waals surface area contributed by atoms with Gasteiger partial charge in [0.1, 0.15) is 12.6 Å². The van der Waals surface area contributed by atoms with E-state index in [9.17, 15) is 31.2 Å². The minimum atomic E-state index is -4.55. The average molecular weight is 419 g/mol. The number of halogens is 3. The van der Waals surface area contributed by atoms with E-state index in [1.165, 1.54) is 24.3 Å². The second kappa shape index (κ2) is 8.74. The van der Waals surface area contributed by atoms with Crippen molar-refractivity contribution in [2.45, 2.75) is 30.0 Å². The molecule has 1 unspecified atom stereocenters. The first kappa shape index (κ1) is 21.9. The van der Waals surface area contributed by atoms with Gasteiger partial charge in [0.25, 0.3) is 5.91 Å². The van der Waals surface area contributed by atoms with Gasteiger partial charge in [-0.3, -0.25) is 9.59 Å². The fraction of sp³-hybridized carbons (Fsp3) is 0.412. The number of sulfonamides is 1. The van der Waals surface area contributed by atoms with E-state index in [0.717, 1.165) is 11.0 Å². The number of hydrogen-bond donors (Lipinski definition) is 2. The van der Waals surface area contributed by atoms with Crippen LogP contribution in [0.1, 0.15) is 23.2 Å². The molecule has 0 spiro atoms. The monoisotopic (exact) mass is 419 g/mol. The number of amides is 2. The first-order valence-corrected chi connectivity index (χ1v) is 9.89. The third kappa shape index (κ3) is 5.55. The molecule has 1 aliphatic rings. The molecule has 1 atom stereocenters. The number of alkyl halides is 3. The Morgan fingerprint density at radius 2 is 2.04 bits per heavy atom. The molecule has 0 radical (unpaired) electrons. The summed E-state index contributed by atoms with van der Waals surface area (Å²) < 4.78 is 63.6. The van der Waals surface area contributed by atoms with Crippen LogP contribution in [0.3, 0.4) is 0 Å². The van der Waals surface area contributed by atoms with Crippen molar-refractivity contribution in [1.29, 1.82) is 0 Å². The summed E-state index contributed by atoms with van der Waals surface area (Å²) in [6.45, 7) is 2.13. The molecule has 1 aliphatic heterocycles. The SMILES string of the molecule is C=CCNS(=O)(=O)c1cccc(C(=O)N2CCCC2C(=O)NCC(F)(F)F)c1. The molecule has 1 aromatic rings. The molecular formula is C17H20F3N3O4S. The maximum absolute atomic E-state index is 12.7. The van der Waals surface area contributed by atoms with Crippen molar-refractivity contribution >= 4 is 21.8 Å². The largest absolute Gasteiger partial charge is 0.405 e. The molecule has 0 aromatic heterocycles. The molecule has 2 amide bonds. The topological polar surface area (TPSA) is 95.6 Å². The Hall–Kier alpha value is -2.40. The number of hydrogen-bond acceptors (Lipinski definition) is 4. The lowest BCUT2D eigenvalue weighted by Gasteiger charge is -2.24. The summed E-state index contributed by atoms with van der Waals surface area (Å²) in [5.41, 5.74) is 0.0250. The van der Waals surface area contributed by atoms with Gasteiger partial charge in [-0.15, -0.1) is 6.58 Å². The van der Waals surface area contributed by atoms with Crippen LogP contribution in [-0.2, 0) is 14.8 Å². The van der Waals surface area contributed by atoms with E-state index in [-0.39, 0.29) is 30.0 Å². The second-order valence-electron chi connectivity index (χ2n) is 6.16. The number of nitrogens with zero attached hydrogens (tertiary/aromatic N) is 1. The maximum atomic E-state index is 12.7. The number of carbonyl (C=O) groups is 2. The number of nitrogens with one attached hydrogen (secondary N) is 2. The Morgan fingerprint density at radius 3 is 2.68 bits per heavy atom. The lowest BCUT2D eigenvalue weighted by Crippen LogP contribution is -2.48. The van der Waals surface area contributed by atoms with Crippen molar-refractivity contribution in [3.05, 3.63) is 42.5 Å². The van der Waals surface area contributed by atoms with E-state index in [4.69, 9.17) is 0 Å². The molecule has 1 aromatic carbocycles. The van der Waals surface area contributed by atoms with Crippen molar-refractivity contribution in [3.8, 4) is 0 Å². The second-order valence-corrected chi connectivity index (χ2v) is 7.92. The molecule has 2 rings (SSSR count). The summed E-state index contributed by atoms with van der Waals surface area (Å²) in [7, 11) is -3.85. The van der Waals surface area contributed by atoms with Gasteiger partial charge in [-0.25, -0.2) is 13.1 Å². The lowest BCUT2D eigenvalue weighted by atomic mass is 10.1. The van der Waals surface area contributed by atoms with Crippen molar-refractivity contribution in [2.24, 2.45) is 0 Å². The number of rotatable bonds is 7. The first-order valence-electron chi connectivity index (χ1n) is 8.41. The van der Waals surface area contributed by atoms with E-state index in [1.54, 1.807) is 5.32 Å². The van der Waals surface area contributed by atoms with Gasteiger partial charge in [-0.1, -0.05) is 12.1 Å². The van der Waals surface area contributed by atoms with Crippen LogP contribution in [0.25, 0.3) is 0 Å². The molecular weight excluding hydrogens is 399 g/mol. The van der Waals surface area contributed by atoms with Gasteiger partial charge >= 0.3 is 6.18 Å². The summed E-state index contributed by atoms with van der Waals surface area (Å²) >= 11 is 0. The van der Waals surface area contributed by atoms with E-state index >= 15 is 0 Å². The van der Waals surface area contributed by atoms with Gasteiger partial charge in [-0.05, 0) is 31.0 Å². The molecule has 0 bridgehead atoms. The molecule has 7 nitrogen and oxygen atoms in total. The molecule has 0 aliphatic carbocycles. The van der Waals surface area contributed by atoms with Crippen molar-refractivity contribution in [2.75, 3.05) is 19.6 Å². The summed E-state index contributed by atoms with van der Waals surface area (Å²) in [6.07, 6.45) is -2.51. The highest BCUT2D eigenvalue weighted by Gasteiger charge is 2.36. The van der Waals surface area contributed by atoms with E-state index in [2.05, 4.69) is 11.3 Å². The van der Waals surface area contributed by atoms with E-state index < -0.39 is 40.6 Å². The minimum Gasteiger partial charge on any atom is -0.345 e. The van der Waals surface area contributed by atoms with Crippen LogP contribution in [0.4, 0.5) is 13.2 Å². The zero-order chi connectivity index (χ0) is 20.9. The predicted octanol–water partition coefficient (Wildman–Crippen LogP) is 1.43. The van der Waals surface area contributed by atoms with Gasteiger partial charge in [0.05, 0.1) is 4.90 Å². The van der Waals surface area contributed by atoms with Gasteiger partial charge in [0.2, 0.25) is 15.9 Å². The number of likely N-dealkylation sites (tertiary alicyclic amines) is 1. The van der Waals surface area contributed by atoms with Gasteiger partial charge in [0, 0.05) is 18.7 Å². The summed E-state index contributed by atoms with van der Waals surface area (Å²) in [6, 6.07) is 4.20. The number of benzene rings is 1.